The van der Waals surface area contributed by atoms with Crippen LogP contribution in [-0.2, 0) is 6.61 Å². The highest BCUT2D eigenvalue weighted by molar-refractivity contribution is 8.01. The Hall–Kier alpha value is -0.840. The smallest absolute Gasteiger partial charge is 0.123 e. The predicted octanol–water partition coefficient (Wildman–Crippen LogP) is 3.53. The average molecular weight is 240 g/mol. The zero-order valence-corrected chi connectivity index (χ0v) is 9.45. The lowest BCUT2D eigenvalue weighted by atomic mass is 10.4. The molecule has 1 heterocycles. The largest absolute Gasteiger partial charge is 0.391 e. The van der Waals surface area contributed by atoms with Crippen LogP contribution in [0, 0.1) is 5.82 Å². The highest BCUT2D eigenvalue weighted by atomic mass is 32.2. The molecular weight excluding hydrogens is 231 g/mol. The van der Waals surface area contributed by atoms with E-state index in [9.17, 15) is 4.39 Å². The van der Waals surface area contributed by atoms with Crippen molar-refractivity contribution in [1.29, 1.82) is 0 Å². The first kappa shape index (κ1) is 10.7. The number of rotatable bonds is 3. The summed E-state index contributed by atoms with van der Waals surface area (Å²) in [5.41, 5.74) is 0. The highest BCUT2D eigenvalue weighted by Gasteiger charge is 2.01. The maximum Gasteiger partial charge on any atom is 0.123 e. The molecule has 78 valence electrons. The molecule has 15 heavy (non-hydrogen) atoms. The predicted molar refractivity (Wildman–Crippen MR) is 60.8 cm³/mol. The molecule has 1 aromatic carbocycles. The molecule has 2 aromatic rings. The third kappa shape index (κ3) is 2.81. The van der Waals surface area contributed by atoms with Gasteiger partial charge in [-0.25, -0.2) is 4.39 Å². The van der Waals surface area contributed by atoms with Crippen LogP contribution < -0.4 is 0 Å². The first-order valence-corrected chi connectivity index (χ1v) is 6.04. The molecule has 4 heteroatoms. The van der Waals surface area contributed by atoms with E-state index in [0.717, 1.165) is 14.0 Å². The van der Waals surface area contributed by atoms with E-state index in [4.69, 9.17) is 5.11 Å². The van der Waals surface area contributed by atoms with Crippen LogP contribution in [0.2, 0.25) is 0 Å². The van der Waals surface area contributed by atoms with Gasteiger partial charge in [0.2, 0.25) is 0 Å². The SMILES string of the molecule is OCc1ccc(Sc2ccc(F)cc2)s1. The number of hydrogen-bond donors (Lipinski definition) is 1. The topological polar surface area (TPSA) is 20.2 Å². The molecule has 0 atom stereocenters. The van der Waals surface area contributed by atoms with Crippen molar-refractivity contribution in [3.05, 3.63) is 47.1 Å². The Morgan fingerprint density at radius 3 is 2.47 bits per heavy atom. The van der Waals surface area contributed by atoms with Crippen molar-refractivity contribution >= 4 is 23.1 Å². The molecule has 1 N–H and O–H groups in total. The van der Waals surface area contributed by atoms with Crippen LogP contribution in [0.1, 0.15) is 4.88 Å². The summed E-state index contributed by atoms with van der Waals surface area (Å²) in [6.45, 7) is 0.0780. The zero-order valence-electron chi connectivity index (χ0n) is 7.81. The fraction of sp³-hybridized carbons (Fsp3) is 0.0909. The molecule has 1 aromatic heterocycles. The molecule has 0 saturated heterocycles. The van der Waals surface area contributed by atoms with Gasteiger partial charge >= 0.3 is 0 Å². The summed E-state index contributed by atoms with van der Waals surface area (Å²) in [5.74, 6) is -0.221. The van der Waals surface area contributed by atoms with Gasteiger partial charge in [0.05, 0.1) is 10.8 Å². The van der Waals surface area contributed by atoms with Crippen LogP contribution >= 0.6 is 23.1 Å². The number of benzene rings is 1. The van der Waals surface area contributed by atoms with Gasteiger partial charge in [-0.15, -0.1) is 11.3 Å². The molecule has 0 fully saturated rings. The lowest BCUT2D eigenvalue weighted by Crippen LogP contribution is -1.72. The molecule has 1 nitrogen and oxygen atoms in total. The van der Waals surface area contributed by atoms with Crippen molar-refractivity contribution < 1.29 is 9.50 Å². The fourth-order valence-corrected chi connectivity index (χ4v) is 3.13. The van der Waals surface area contributed by atoms with Crippen LogP contribution in [-0.4, -0.2) is 5.11 Å². The van der Waals surface area contributed by atoms with Crippen molar-refractivity contribution in [3.8, 4) is 0 Å². The Kier molecular flexibility index (Phi) is 3.41. The van der Waals surface area contributed by atoms with Crippen LogP contribution in [0.5, 0.6) is 0 Å². The van der Waals surface area contributed by atoms with Crippen LogP contribution in [0.4, 0.5) is 4.39 Å². The minimum absolute atomic E-state index is 0.0780. The number of hydrogen-bond acceptors (Lipinski definition) is 3. The summed E-state index contributed by atoms with van der Waals surface area (Å²) < 4.78 is 13.7. The Labute approximate surface area is 95.6 Å². The lowest BCUT2D eigenvalue weighted by Gasteiger charge is -1.97. The molecule has 0 unspecified atom stereocenters. The Morgan fingerprint density at radius 2 is 1.87 bits per heavy atom. The van der Waals surface area contributed by atoms with Gasteiger partial charge in [0, 0.05) is 9.77 Å². The van der Waals surface area contributed by atoms with Gasteiger partial charge in [0.1, 0.15) is 5.82 Å². The van der Waals surface area contributed by atoms with Crippen LogP contribution in [0.3, 0.4) is 0 Å². The number of thiophene rings is 1. The first-order valence-electron chi connectivity index (χ1n) is 4.41. The third-order valence-electron chi connectivity index (χ3n) is 1.82. The van der Waals surface area contributed by atoms with Crippen molar-refractivity contribution in [3.63, 3.8) is 0 Å². The van der Waals surface area contributed by atoms with Crippen molar-refractivity contribution in [1.82, 2.24) is 0 Å². The molecule has 0 bridgehead atoms. The van der Waals surface area contributed by atoms with Crippen LogP contribution in [0.15, 0.2) is 45.5 Å². The quantitative estimate of drug-likeness (QED) is 0.885. The van der Waals surface area contributed by atoms with Crippen LogP contribution in [0.25, 0.3) is 0 Å². The zero-order chi connectivity index (χ0) is 10.7. The van der Waals surface area contributed by atoms with E-state index in [1.165, 1.54) is 12.1 Å². The molecule has 0 saturated carbocycles. The summed E-state index contributed by atoms with van der Waals surface area (Å²) in [4.78, 5) is 1.95. The van der Waals surface area contributed by atoms with Gasteiger partial charge in [-0.05, 0) is 36.4 Å². The standard InChI is InChI=1S/C11H9FOS2/c12-8-1-3-9(4-2-8)14-11-6-5-10(7-13)15-11/h1-6,13H,7H2. The Bertz CT molecular complexity index is 436. The van der Waals surface area contributed by atoms with E-state index in [2.05, 4.69) is 0 Å². The van der Waals surface area contributed by atoms with E-state index in [1.807, 2.05) is 12.1 Å². The molecule has 0 amide bonds. The van der Waals surface area contributed by atoms with E-state index < -0.39 is 0 Å². The Morgan fingerprint density at radius 1 is 1.13 bits per heavy atom. The number of aliphatic hydroxyl groups excluding tert-OH is 1. The van der Waals surface area contributed by atoms with Gasteiger partial charge in [-0.2, -0.15) is 0 Å². The summed E-state index contributed by atoms with van der Waals surface area (Å²) in [5, 5.41) is 8.90. The third-order valence-corrected chi connectivity index (χ3v) is 4.03. The second kappa shape index (κ2) is 4.79. The summed E-state index contributed by atoms with van der Waals surface area (Å²) in [6, 6.07) is 10.3. The average Bonchev–Trinajstić information content (AvgIpc) is 2.69. The van der Waals surface area contributed by atoms with E-state index >= 15 is 0 Å². The van der Waals surface area contributed by atoms with E-state index in [-0.39, 0.29) is 12.4 Å². The second-order valence-corrected chi connectivity index (χ2v) is 5.48. The normalized spacial score (nSPS) is 10.5. The van der Waals surface area contributed by atoms with Gasteiger partial charge in [0.15, 0.2) is 0 Å². The fourth-order valence-electron chi connectivity index (χ4n) is 1.12. The summed E-state index contributed by atoms with van der Waals surface area (Å²) in [7, 11) is 0. The highest BCUT2D eigenvalue weighted by Crippen LogP contribution is 2.33. The van der Waals surface area contributed by atoms with Crippen molar-refractivity contribution in [2.24, 2.45) is 0 Å². The second-order valence-electron chi connectivity index (χ2n) is 2.93. The van der Waals surface area contributed by atoms with Gasteiger partial charge in [0.25, 0.3) is 0 Å². The minimum atomic E-state index is -0.221. The van der Waals surface area contributed by atoms with Gasteiger partial charge < -0.3 is 5.11 Å². The van der Waals surface area contributed by atoms with Crippen molar-refractivity contribution in [2.75, 3.05) is 0 Å². The molecule has 0 spiro atoms. The Balaban J connectivity index is 2.11. The molecular formula is C11H9FOS2. The number of halogens is 1. The molecule has 0 aliphatic carbocycles. The number of aliphatic hydroxyl groups is 1. The van der Waals surface area contributed by atoms with E-state index in [1.54, 1.807) is 35.2 Å². The maximum atomic E-state index is 12.6. The minimum Gasteiger partial charge on any atom is -0.391 e. The molecule has 0 radical (unpaired) electrons. The lowest BCUT2D eigenvalue weighted by molar-refractivity contribution is 0.285. The molecule has 2 rings (SSSR count). The first-order chi connectivity index (χ1) is 7.28. The molecule has 0 aliphatic rings. The van der Waals surface area contributed by atoms with Gasteiger partial charge in [-0.3, -0.25) is 0 Å². The maximum absolute atomic E-state index is 12.6. The van der Waals surface area contributed by atoms with E-state index in [0.29, 0.717) is 0 Å². The summed E-state index contributed by atoms with van der Waals surface area (Å²) >= 11 is 3.12. The van der Waals surface area contributed by atoms with Gasteiger partial charge in [-0.1, -0.05) is 11.8 Å². The summed E-state index contributed by atoms with van der Waals surface area (Å²) in [6.07, 6.45) is 0. The monoisotopic (exact) mass is 240 g/mol. The van der Waals surface area contributed by atoms with Crippen molar-refractivity contribution in [2.45, 2.75) is 15.7 Å². The molecule has 0 aliphatic heterocycles.